The number of piperazine rings is 1. The zero-order chi connectivity index (χ0) is 18.7. The lowest BCUT2D eigenvalue weighted by Crippen LogP contribution is -2.50. The molecule has 0 aliphatic carbocycles. The maximum atomic E-state index is 11.4. The quantitative estimate of drug-likeness (QED) is 0.655. The fourth-order valence-electron chi connectivity index (χ4n) is 3.22. The van der Waals surface area contributed by atoms with Crippen molar-refractivity contribution < 1.29 is 4.79 Å². The van der Waals surface area contributed by atoms with E-state index in [4.69, 9.17) is 12.2 Å². The molecule has 26 heavy (non-hydrogen) atoms. The molecule has 0 spiro atoms. The Balaban J connectivity index is 1.57. The molecule has 2 aromatic rings. The number of anilines is 2. The van der Waals surface area contributed by atoms with Crippen LogP contribution in [0.25, 0.3) is 0 Å². The molecular formula is C21H25N3OS. The largest absolute Gasteiger partial charge is 0.368 e. The molecule has 0 radical (unpaired) electrons. The molecule has 0 bridgehead atoms. The Kier molecular flexibility index (Phi) is 5.57. The summed E-state index contributed by atoms with van der Waals surface area (Å²) in [4.78, 5) is 16.0. The van der Waals surface area contributed by atoms with Crippen LogP contribution in [0.5, 0.6) is 0 Å². The number of benzene rings is 2. The minimum atomic E-state index is 0.101. The highest BCUT2D eigenvalue weighted by Gasteiger charge is 2.19. The molecule has 4 nitrogen and oxygen atoms in total. The lowest BCUT2D eigenvalue weighted by molar-refractivity contribution is 0.101. The third-order valence-electron chi connectivity index (χ3n) is 4.83. The molecule has 0 unspecified atom stereocenters. The number of rotatable bonds is 3. The molecule has 2 aromatic carbocycles. The van der Waals surface area contributed by atoms with Crippen molar-refractivity contribution in [1.29, 1.82) is 0 Å². The summed E-state index contributed by atoms with van der Waals surface area (Å²) in [6.07, 6.45) is 0. The van der Waals surface area contributed by atoms with Gasteiger partial charge in [0.05, 0.1) is 0 Å². The van der Waals surface area contributed by atoms with Gasteiger partial charge in [-0.25, -0.2) is 0 Å². The second kappa shape index (κ2) is 7.87. The fourth-order valence-corrected chi connectivity index (χ4v) is 3.52. The van der Waals surface area contributed by atoms with Crippen LogP contribution in [0.2, 0.25) is 0 Å². The molecule has 1 N–H and O–H groups in total. The number of Topliss-reactive ketones (excluding diaryl/α,β-unsaturated/α-hetero) is 1. The molecule has 0 aromatic heterocycles. The van der Waals surface area contributed by atoms with E-state index in [1.807, 2.05) is 24.3 Å². The van der Waals surface area contributed by atoms with Crippen molar-refractivity contribution in [3.8, 4) is 0 Å². The van der Waals surface area contributed by atoms with E-state index in [0.29, 0.717) is 0 Å². The first-order chi connectivity index (χ1) is 12.4. The Hall–Kier alpha value is -2.40. The van der Waals surface area contributed by atoms with Gasteiger partial charge in [0.15, 0.2) is 10.9 Å². The number of aryl methyl sites for hydroxylation is 2. The van der Waals surface area contributed by atoms with Crippen LogP contribution >= 0.6 is 12.2 Å². The Morgan fingerprint density at radius 1 is 1.00 bits per heavy atom. The molecule has 1 aliphatic heterocycles. The fraction of sp³-hybridized carbons (Fsp3) is 0.333. The van der Waals surface area contributed by atoms with E-state index >= 15 is 0 Å². The van der Waals surface area contributed by atoms with E-state index in [2.05, 4.69) is 47.2 Å². The average Bonchev–Trinajstić information content (AvgIpc) is 2.64. The Morgan fingerprint density at radius 2 is 1.65 bits per heavy atom. The van der Waals surface area contributed by atoms with E-state index in [-0.39, 0.29) is 5.78 Å². The molecule has 1 aliphatic rings. The molecule has 1 saturated heterocycles. The van der Waals surface area contributed by atoms with Crippen molar-refractivity contribution >= 4 is 34.5 Å². The molecule has 1 heterocycles. The Bertz CT molecular complexity index is 809. The third-order valence-corrected chi connectivity index (χ3v) is 5.19. The first-order valence-electron chi connectivity index (χ1n) is 8.93. The molecular weight excluding hydrogens is 342 g/mol. The normalized spacial score (nSPS) is 14.3. The van der Waals surface area contributed by atoms with Gasteiger partial charge in [-0.05, 0) is 68.9 Å². The number of hydrogen-bond acceptors (Lipinski definition) is 3. The number of ketones is 1. The van der Waals surface area contributed by atoms with Gasteiger partial charge in [-0.2, -0.15) is 0 Å². The van der Waals surface area contributed by atoms with Gasteiger partial charge < -0.3 is 15.1 Å². The van der Waals surface area contributed by atoms with E-state index < -0.39 is 0 Å². The minimum absolute atomic E-state index is 0.101. The summed E-state index contributed by atoms with van der Waals surface area (Å²) >= 11 is 5.61. The number of carbonyl (C=O) groups excluding carboxylic acids is 1. The summed E-state index contributed by atoms with van der Waals surface area (Å²) in [6.45, 7) is 9.37. The highest BCUT2D eigenvalue weighted by molar-refractivity contribution is 7.80. The SMILES string of the molecule is CC(=O)c1ccc(N2CCN(C(=S)Nc3ccc(C)cc3C)CC2)cc1. The van der Waals surface area contributed by atoms with Crippen LogP contribution in [0, 0.1) is 13.8 Å². The first-order valence-corrected chi connectivity index (χ1v) is 9.34. The van der Waals surface area contributed by atoms with Gasteiger partial charge in [0.2, 0.25) is 0 Å². The molecule has 5 heteroatoms. The van der Waals surface area contributed by atoms with Crippen LogP contribution in [0.4, 0.5) is 11.4 Å². The lowest BCUT2D eigenvalue weighted by Gasteiger charge is -2.37. The third kappa shape index (κ3) is 4.22. The molecule has 3 rings (SSSR count). The van der Waals surface area contributed by atoms with Gasteiger partial charge in [-0.3, -0.25) is 4.79 Å². The number of thiocarbonyl (C=S) groups is 1. The molecule has 0 saturated carbocycles. The van der Waals surface area contributed by atoms with Crippen molar-refractivity contribution in [3.05, 3.63) is 59.2 Å². The second-order valence-corrected chi connectivity index (χ2v) is 7.21. The van der Waals surface area contributed by atoms with Crippen LogP contribution in [-0.4, -0.2) is 42.0 Å². The van der Waals surface area contributed by atoms with Gasteiger partial charge in [0.25, 0.3) is 0 Å². The standard InChI is InChI=1S/C21H25N3OS/c1-15-4-9-20(16(2)14-15)22-21(26)24-12-10-23(11-13-24)19-7-5-18(6-8-19)17(3)25/h4-9,14H,10-13H2,1-3H3,(H,22,26). The van der Waals surface area contributed by atoms with Crippen molar-refractivity contribution in [3.63, 3.8) is 0 Å². The highest BCUT2D eigenvalue weighted by Crippen LogP contribution is 2.20. The monoisotopic (exact) mass is 367 g/mol. The van der Waals surface area contributed by atoms with Crippen molar-refractivity contribution in [2.75, 3.05) is 36.4 Å². The maximum Gasteiger partial charge on any atom is 0.173 e. The number of nitrogens with zero attached hydrogens (tertiary/aromatic N) is 2. The Labute approximate surface area is 160 Å². The van der Waals surface area contributed by atoms with Gasteiger partial charge in [-0.15, -0.1) is 0 Å². The second-order valence-electron chi connectivity index (χ2n) is 6.83. The van der Waals surface area contributed by atoms with Crippen LogP contribution in [0.15, 0.2) is 42.5 Å². The topological polar surface area (TPSA) is 35.6 Å². The summed E-state index contributed by atoms with van der Waals surface area (Å²) in [7, 11) is 0. The lowest BCUT2D eigenvalue weighted by atomic mass is 10.1. The first kappa shape index (κ1) is 18.4. The zero-order valence-corrected chi connectivity index (χ0v) is 16.4. The summed E-state index contributed by atoms with van der Waals surface area (Å²) in [5, 5.41) is 4.16. The molecule has 1 fully saturated rings. The van der Waals surface area contributed by atoms with E-state index in [0.717, 1.165) is 48.2 Å². The molecule has 0 atom stereocenters. The Morgan fingerprint density at radius 3 is 2.23 bits per heavy atom. The average molecular weight is 368 g/mol. The molecule has 0 amide bonds. The van der Waals surface area contributed by atoms with Crippen LogP contribution in [0.3, 0.4) is 0 Å². The van der Waals surface area contributed by atoms with Gasteiger partial charge in [0, 0.05) is 43.1 Å². The summed E-state index contributed by atoms with van der Waals surface area (Å²) in [5.74, 6) is 0.101. The maximum absolute atomic E-state index is 11.4. The van der Waals surface area contributed by atoms with E-state index in [1.54, 1.807) is 6.92 Å². The van der Waals surface area contributed by atoms with Gasteiger partial charge in [-0.1, -0.05) is 17.7 Å². The molecule has 136 valence electrons. The van der Waals surface area contributed by atoms with Gasteiger partial charge in [0.1, 0.15) is 0 Å². The van der Waals surface area contributed by atoms with Gasteiger partial charge >= 0.3 is 0 Å². The predicted octanol–water partition coefficient (Wildman–Crippen LogP) is 4.03. The highest BCUT2D eigenvalue weighted by atomic mass is 32.1. The van der Waals surface area contributed by atoms with Crippen molar-refractivity contribution in [1.82, 2.24) is 4.90 Å². The predicted molar refractivity (Wildman–Crippen MR) is 112 cm³/mol. The van der Waals surface area contributed by atoms with Crippen molar-refractivity contribution in [2.45, 2.75) is 20.8 Å². The summed E-state index contributed by atoms with van der Waals surface area (Å²) in [5.41, 5.74) is 5.44. The summed E-state index contributed by atoms with van der Waals surface area (Å²) in [6, 6.07) is 14.2. The van der Waals surface area contributed by atoms with Crippen LogP contribution in [0.1, 0.15) is 28.4 Å². The van der Waals surface area contributed by atoms with E-state index in [9.17, 15) is 4.79 Å². The van der Waals surface area contributed by atoms with E-state index in [1.165, 1.54) is 11.1 Å². The summed E-state index contributed by atoms with van der Waals surface area (Å²) < 4.78 is 0. The van der Waals surface area contributed by atoms with Crippen LogP contribution < -0.4 is 10.2 Å². The van der Waals surface area contributed by atoms with Crippen molar-refractivity contribution in [2.24, 2.45) is 0 Å². The number of nitrogens with one attached hydrogen (secondary N) is 1. The zero-order valence-electron chi connectivity index (χ0n) is 15.6. The van der Waals surface area contributed by atoms with Crippen LogP contribution in [-0.2, 0) is 0 Å². The number of hydrogen-bond donors (Lipinski definition) is 1. The minimum Gasteiger partial charge on any atom is -0.368 e. The smallest absolute Gasteiger partial charge is 0.173 e. The number of carbonyl (C=O) groups is 1.